The van der Waals surface area contributed by atoms with E-state index in [4.69, 9.17) is 9.72 Å². The molecule has 2 unspecified atom stereocenters. The third kappa shape index (κ3) is 2.92. The molecule has 140 valence electrons. The van der Waals surface area contributed by atoms with E-state index < -0.39 is 0 Å². The van der Waals surface area contributed by atoms with Crippen LogP contribution >= 0.6 is 0 Å². The molecule has 7 heteroatoms. The molecule has 1 N–H and O–H groups in total. The fraction of sp³-hybridized carbons (Fsp3) is 0.450. The number of hydrogen-bond acceptors (Lipinski definition) is 5. The lowest BCUT2D eigenvalue weighted by Crippen LogP contribution is -2.53. The van der Waals surface area contributed by atoms with E-state index >= 15 is 0 Å². The molecule has 2 bridgehead atoms. The minimum absolute atomic E-state index is 0.0648. The lowest BCUT2D eigenvalue weighted by Gasteiger charge is -2.36. The van der Waals surface area contributed by atoms with Crippen LogP contribution in [0, 0.1) is 6.92 Å². The number of urea groups is 1. The highest BCUT2D eigenvalue weighted by molar-refractivity contribution is 5.97. The van der Waals surface area contributed by atoms with Crippen LogP contribution in [-0.4, -0.2) is 54.4 Å². The van der Waals surface area contributed by atoms with Gasteiger partial charge in [-0.05, 0) is 44.0 Å². The maximum atomic E-state index is 13.1. The molecule has 0 spiro atoms. The van der Waals surface area contributed by atoms with E-state index in [1.807, 2.05) is 36.2 Å². The van der Waals surface area contributed by atoms with Crippen LogP contribution in [-0.2, 0) is 4.74 Å². The average Bonchev–Trinajstić information content (AvgIpc) is 3.33. The van der Waals surface area contributed by atoms with Gasteiger partial charge in [0.25, 0.3) is 0 Å². The Balaban J connectivity index is 1.51. The molecule has 2 saturated heterocycles. The number of nitrogens with zero attached hydrogens (tertiary/aromatic N) is 4. The van der Waals surface area contributed by atoms with Gasteiger partial charge < -0.3 is 15.0 Å². The van der Waals surface area contributed by atoms with Gasteiger partial charge in [0.2, 0.25) is 0 Å². The van der Waals surface area contributed by atoms with Gasteiger partial charge in [-0.1, -0.05) is 0 Å². The highest BCUT2D eigenvalue weighted by Crippen LogP contribution is 2.40. The minimum Gasteiger partial charge on any atom is -0.379 e. The Bertz CT molecular complexity index is 863. The second-order valence-electron chi connectivity index (χ2n) is 7.50. The summed E-state index contributed by atoms with van der Waals surface area (Å²) in [7, 11) is 0. The van der Waals surface area contributed by atoms with E-state index in [2.05, 4.69) is 21.3 Å². The molecule has 27 heavy (non-hydrogen) atoms. The van der Waals surface area contributed by atoms with Crippen molar-refractivity contribution < 1.29 is 9.53 Å². The predicted octanol–water partition coefficient (Wildman–Crippen LogP) is 2.35. The molecule has 2 fully saturated rings. The summed E-state index contributed by atoms with van der Waals surface area (Å²) < 4.78 is 5.40. The third-order valence-electron chi connectivity index (χ3n) is 5.64. The second-order valence-corrected chi connectivity index (χ2v) is 7.50. The Morgan fingerprint density at radius 3 is 2.96 bits per heavy atom. The Hall–Kier alpha value is -2.67. The van der Waals surface area contributed by atoms with Crippen LogP contribution in [0.15, 0.2) is 30.5 Å². The number of pyridine rings is 2. The predicted molar refractivity (Wildman–Crippen MR) is 103 cm³/mol. The number of carbonyl (C=O) groups excluding carboxylic acids is 1. The zero-order chi connectivity index (χ0) is 18.4. The molecule has 0 radical (unpaired) electrons. The van der Waals surface area contributed by atoms with Crippen molar-refractivity contribution in [1.29, 1.82) is 0 Å². The number of nitrogens with one attached hydrogen (secondary N) is 1. The quantitative estimate of drug-likeness (QED) is 0.885. The van der Waals surface area contributed by atoms with E-state index in [-0.39, 0.29) is 18.1 Å². The summed E-state index contributed by atoms with van der Waals surface area (Å²) in [5.74, 6) is 0.748. The standard InChI is InChI=1S/C20H23N5O2/c1-13-2-3-14(10-21-13)17-4-5-18-19(23-17)25(16-6-8-24(18)11-16)20(26)22-15-7-9-27-12-15/h2-5,10,15-16H,6-9,11-12H2,1H3,(H,22,26). The number of aryl methyl sites for hydroxylation is 1. The molecular formula is C20H23N5O2. The van der Waals surface area contributed by atoms with Gasteiger partial charge in [-0.3, -0.25) is 9.88 Å². The van der Waals surface area contributed by atoms with Gasteiger partial charge in [-0.15, -0.1) is 0 Å². The highest BCUT2D eigenvalue weighted by atomic mass is 16.5. The highest BCUT2D eigenvalue weighted by Gasteiger charge is 2.40. The van der Waals surface area contributed by atoms with Crippen molar-refractivity contribution in [2.45, 2.75) is 31.8 Å². The first-order chi connectivity index (χ1) is 13.2. The molecule has 3 aliphatic rings. The van der Waals surface area contributed by atoms with Crippen molar-refractivity contribution in [2.24, 2.45) is 0 Å². The topological polar surface area (TPSA) is 70.6 Å². The molecule has 2 aromatic rings. The molecule has 2 atom stereocenters. The van der Waals surface area contributed by atoms with Crippen molar-refractivity contribution in [3.63, 3.8) is 0 Å². The summed E-state index contributed by atoms with van der Waals surface area (Å²) in [6.45, 7) is 5.09. The maximum Gasteiger partial charge on any atom is 0.323 e. The number of ether oxygens (including phenoxy) is 1. The number of amides is 2. The normalized spacial score (nSPS) is 23.4. The number of fused-ring (bicyclic) bond motifs is 4. The Morgan fingerprint density at radius 1 is 1.26 bits per heavy atom. The van der Waals surface area contributed by atoms with Crippen molar-refractivity contribution in [3.05, 3.63) is 36.2 Å². The fourth-order valence-electron chi connectivity index (χ4n) is 4.14. The molecule has 0 aliphatic carbocycles. The van der Waals surface area contributed by atoms with E-state index in [1.165, 1.54) is 0 Å². The Kier molecular flexibility index (Phi) is 3.97. The maximum absolute atomic E-state index is 13.1. The van der Waals surface area contributed by atoms with Gasteiger partial charge in [-0.2, -0.15) is 0 Å². The van der Waals surface area contributed by atoms with Gasteiger partial charge in [0.1, 0.15) is 0 Å². The summed E-state index contributed by atoms with van der Waals surface area (Å²) >= 11 is 0. The fourth-order valence-corrected chi connectivity index (χ4v) is 4.14. The number of carbonyl (C=O) groups is 1. The van der Waals surface area contributed by atoms with E-state index in [1.54, 1.807) is 0 Å². The lowest BCUT2D eigenvalue weighted by molar-refractivity contribution is 0.189. The molecule has 5 heterocycles. The van der Waals surface area contributed by atoms with E-state index in [0.29, 0.717) is 13.2 Å². The first kappa shape index (κ1) is 16.5. The summed E-state index contributed by atoms with van der Waals surface area (Å²) in [5, 5.41) is 3.13. The van der Waals surface area contributed by atoms with Crippen LogP contribution in [0.2, 0.25) is 0 Å². The zero-order valence-electron chi connectivity index (χ0n) is 15.4. The van der Waals surface area contributed by atoms with Gasteiger partial charge in [0.15, 0.2) is 5.82 Å². The zero-order valence-corrected chi connectivity index (χ0v) is 15.4. The van der Waals surface area contributed by atoms with Gasteiger partial charge in [0.05, 0.1) is 30.1 Å². The van der Waals surface area contributed by atoms with E-state index in [9.17, 15) is 4.79 Å². The van der Waals surface area contributed by atoms with Crippen molar-refractivity contribution >= 4 is 17.5 Å². The lowest BCUT2D eigenvalue weighted by atomic mass is 10.1. The molecule has 7 nitrogen and oxygen atoms in total. The van der Waals surface area contributed by atoms with Crippen LogP contribution in [0.25, 0.3) is 11.3 Å². The molecule has 5 rings (SSSR count). The minimum atomic E-state index is -0.0648. The molecular weight excluding hydrogens is 342 g/mol. The van der Waals surface area contributed by atoms with Crippen molar-refractivity contribution in [1.82, 2.24) is 15.3 Å². The van der Waals surface area contributed by atoms with Gasteiger partial charge >= 0.3 is 6.03 Å². The number of rotatable bonds is 2. The van der Waals surface area contributed by atoms with Crippen LogP contribution < -0.4 is 15.1 Å². The SMILES string of the molecule is Cc1ccc(-c2ccc3c(n2)N(C(=O)NC2CCOC2)C2CCN3C2)cn1. The largest absolute Gasteiger partial charge is 0.379 e. The van der Waals surface area contributed by atoms with Crippen LogP contribution in [0.5, 0.6) is 0 Å². The summed E-state index contributed by atoms with van der Waals surface area (Å²) in [6.07, 6.45) is 3.67. The number of hydrogen-bond donors (Lipinski definition) is 1. The second kappa shape index (κ2) is 6.49. The number of anilines is 2. The summed E-state index contributed by atoms with van der Waals surface area (Å²) in [5.41, 5.74) is 3.80. The number of aromatic nitrogens is 2. The average molecular weight is 365 g/mol. The van der Waals surface area contributed by atoms with Crippen LogP contribution in [0.1, 0.15) is 18.5 Å². The summed E-state index contributed by atoms with van der Waals surface area (Å²) in [4.78, 5) is 26.5. The van der Waals surface area contributed by atoms with Crippen LogP contribution in [0.4, 0.5) is 16.3 Å². The summed E-state index contributed by atoms with van der Waals surface area (Å²) in [6, 6.07) is 8.29. The van der Waals surface area contributed by atoms with Crippen LogP contribution in [0.3, 0.4) is 0 Å². The Morgan fingerprint density at radius 2 is 2.19 bits per heavy atom. The molecule has 0 saturated carbocycles. The first-order valence-electron chi connectivity index (χ1n) is 9.55. The van der Waals surface area contributed by atoms with Crippen molar-refractivity contribution in [2.75, 3.05) is 36.1 Å². The monoisotopic (exact) mass is 365 g/mol. The van der Waals surface area contributed by atoms with Gasteiger partial charge in [-0.25, -0.2) is 9.78 Å². The molecule has 3 aliphatic heterocycles. The van der Waals surface area contributed by atoms with Gasteiger partial charge in [0, 0.05) is 37.2 Å². The smallest absolute Gasteiger partial charge is 0.323 e. The molecule has 2 amide bonds. The molecule has 0 aromatic carbocycles. The van der Waals surface area contributed by atoms with E-state index in [0.717, 1.165) is 54.4 Å². The Labute approximate surface area is 158 Å². The third-order valence-corrected chi connectivity index (χ3v) is 5.64. The van der Waals surface area contributed by atoms with Crippen molar-refractivity contribution in [3.8, 4) is 11.3 Å². The first-order valence-corrected chi connectivity index (χ1v) is 9.55. The molecule has 2 aromatic heterocycles.